The van der Waals surface area contributed by atoms with E-state index < -0.39 is 0 Å². The Morgan fingerprint density at radius 3 is 2.78 bits per heavy atom. The normalized spacial score (nSPS) is 19.3. The molecular weight excluding hydrogens is 406 g/mol. The van der Waals surface area contributed by atoms with E-state index in [1.54, 1.807) is 29.3 Å². The van der Waals surface area contributed by atoms with Crippen LogP contribution in [0.1, 0.15) is 47.6 Å². The molecule has 0 spiro atoms. The van der Waals surface area contributed by atoms with Gasteiger partial charge in [0, 0.05) is 52.9 Å². The lowest BCUT2D eigenvalue weighted by Gasteiger charge is -2.26. The molecule has 3 atom stereocenters. The minimum atomic E-state index is -0.200. The van der Waals surface area contributed by atoms with Gasteiger partial charge in [0.25, 0.3) is 5.91 Å². The number of aromatic nitrogens is 3. The SMILES string of the molecule is Cc1n[nH]c(C)c1CC(C)C(=O)N[C@@H]1CCN(C(=O)c2ccc3[nH]ccc(=O)c3c2)[C@@H]1C. The van der Waals surface area contributed by atoms with E-state index >= 15 is 0 Å². The molecule has 0 radical (unpaired) electrons. The predicted octanol–water partition coefficient (Wildman–Crippen LogP) is 2.47. The van der Waals surface area contributed by atoms with Crippen LogP contribution >= 0.6 is 0 Å². The average molecular weight is 436 g/mol. The second kappa shape index (κ2) is 8.61. The number of aryl methyl sites for hydroxylation is 2. The van der Waals surface area contributed by atoms with Crippen LogP contribution in [-0.4, -0.2) is 50.5 Å². The molecule has 0 saturated carbocycles. The van der Waals surface area contributed by atoms with Gasteiger partial charge >= 0.3 is 0 Å². The summed E-state index contributed by atoms with van der Waals surface area (Å²) < 4.78 is 0. The lowest BCUT2D eigenvalue weighted by atomic mass is 9.98. The summed E-state index contributed by atoms with van der Waals surface area (Å²) in [6.07, 6.45) is 2.91. The Balaban J connectivity index is 1.42. The van der Waals surface area contributed by atoms with Gasteiger partial charge in [-0.2, -0.15) is 5.10 Å². The van der Waals surface area contributed by atoms with Gasteiger partial charge in [0.2, 0.25) is 5.91 Å². The van der Waals surface area contributed by atoms with Gasteiger partial charge in [-0.3, -0.25) is 19.5 Å². The number of hydrogen-bond acceptors (Lipinski definition) is 4. The fourth-order valence-electron chi connectivity index (χ4n) is 4.49. The van der Waals surface area contributed by atoms with Crippen LogP contribution in [0.5, 0.6) is 0 Å². The molecule has 1 aliphatic heterocycles. The van der Waals surface area contributed by atoms with Gasteiger partial charge in [-0.15, -0.1) is 0 Å². The first kappa shape index (κ1) is 21.8. The lowest BCUT2D eigenvalue weighted by Crippen LogP contribution is -2.46. The van der Waals surface area contributed by atoms with Crippen LogP contribution in [0.15, 0.2) is 35.3 Å². The molecule has 1 saturated heterocycles. The Kier molecular flexibility index (Phi) is 5.86. The summed E-state index contributed by atoms with van der Waals surface area (Å²) in [6, 6.07) is 6.34. The molecule has 2 amide bonds. The summed E-state index contributed by atoms with van der Waals surface area (Å²) >= 11 is 0. The molecular formula is C24H29N5O3. The van der Waals surface area contributed by atoms with E-state index in [1.165, 1.54) is 6.07 Å². The predicted molar refractivity (Wildman–Crippen MR) is 123 cm³/mol. The molecule has 4 rings (SSSR count). The average Bonchev–Trinajstić information content (AvgIpc) is 3.29. The van der Waals surface area contributed by atoms with Crippen LogP contribution in [0.4, 0.5) is 0 Å². The minimum Gasteiger partial charge on any atom is -0.361 e. The van der Waals surface area contributed by atoms with Crippen molar-refractivity contribution in [2.45, 2.75) is 52.6 Å². The third-order valence-corrected chi connectivity index (χ3v) is 6.59. The standard InChI is InChI=1S/C24H29N5O3/c1-13(11-18-14(2)27-28-15(18)3)23(31)26-20-8-10-29(16(20)4)24(32)17-5-6-21-19(12-17)22(30)7-9-25-21/h5-7,9,12-13,16,20H,8,10-11H2,1-4H3,(H,25,30)(H,26,31)(H,27,28)/t13?,16-,20-/m1/s1. The number of likely N-dealkylation sites (tertiary alicyclic amines) is 1. The molecule has 2 aromatic heterocycles. The van der Waals surface area contributed by atoms with Crippen molar-refractivity contribution in [1.29, 1.82) is 0 Å². The van der Waals surface area contributed by atoms with Crippen LogP contribution in [0.2, 0.25) is 0 Å². The van der Waals surface area contributed by atoms with Gasteiger partial charge in [-0.25, -0.2) is 0 Å². The minimum absolute atomic E-state index is 0.0200. The number of aromatic amines is 2. The highest BCUT2D eigenvalue weighted by Crippen LogP contribution is 2.23. The Bertz CT molecular complexity index is 1210. The summed E-state index contributed by atoms with van der Waals surface area (Å²) in [7, 11) is 0. The van der Waals surface area contributed by atoms with Crippen molar-refractivity contribution < 1.29 is 9.59 Å². The smallest absolute Gasteiger partial charge is 0.254 e. The molecule has 168 valence electrons. The monoisotopic (exact) mass is 435 g/mol. The van der Waals surface area contributed by atoms with Crippen molar-refractivity contribution in [3.63, 3.8) is 0 Å². The number of nitrogens with one attached hydrogen (secondary N) is 3. The van der Waals surface area contributed by atoms with E-state index in [1.807, 2.05) is 27.7 Å². The van der Waals surface area contributed by atoms with Crippen LogP contribution < -0.4 is 10.7 Å². The zero-order chi connectivity index (χ0) is 23.0. The topological polar surface area (TPSA) is 111 Å². The van der Waals surface area contributed by atoms with Crippen molar-refractivity contribution in [3.8, 4) is 0 Å². The highest BCUT2D eigenvalue weighted by Gasteiger charge is 2.36. The summed E-state index contributed by atoms with van der Waals surface area (Å²) in [5.41, 5.74) is 4.04. The summed E-state index contributed by atoms with van der Waals surface area (Å²) in [6.45, 7) is 8.33. The molecule has 32 heavy (non-hydrogen) atoms. The van der Waals surface area contributed by atoms with Crippen molar-refractivity contribution in [2.24, 2.45) is 5.92 Å². The Labute approximate surface area is 186 Å². The number of nitrogens with zero attached hydrogens (tertiary/aromatic N) is 2. The first-order chi connectivity index (χ1) is 15.3. The van der Waals surface area contributed by atoms with Gasteiger partial charge in [0.05, 0.1) is 11.7 Å². The van der Waals surface area contributed by atoms with Crippen molar-refractivity contribution in [1.82, 2.24) is 25.4 Å². The molecule has 8 heteroatoms. The maximum Gasteiger partial charge on any atom is 0.254 e. The van der Waals surface area contributed by atoms with Gasteiger partial charge < -0.3 is 15.2 Å². The molecule has 1 unspecified atom stereocenters. The third kappa shape index (κ3) is 4.04. The maximum absolute atomic E-state index is 13.2. The molecule has 3 N–H and O–H groups in total. The number of fused-ring (bicyclic) bond motifs is 1. The Morgan fingerprint density at radius 2 is 2.06 bits per heavy atom. The largest absolute Gasteiger partial charge is 0.361 e. The van der Waals surface area contributed by atoms with Crippen molar-refractivity contribution in [2.75, 3.05) is 6.54 Å². The second-order valence-corrected chi connectivity index (χ2v) is 8.76. The molecule has 1 fully saturated rings. The lowest BCUT2D eigenvalue weighted by molar-refractivity contribution is -0.125. The van der Waals surface area contributed by atoms with E-state index in [-0.39, 0.29) is 35.2 Å². The number of pyridine rings is 1. The molecule has 8 nitrogen and oxygen atoms in total. The number of carbonyl (C=O) groups is 2. The van der Waals surface area contributed by atoms with Gasteiger partial charge in [-0.1, -0.05) is 6.92 Å². The number of benzene rings is 1. The highest BCUT2D eigenvalue weighted by atomic mass is 16.2. The molecule has 1 aromatic carbocycles. The molecule has 1 aliphatic rings. The summed E-state index contributed by atoms with van der Waals surface area (Å²) in [4.78, 5) is 42.9. The first-order valence-corrected chi connectivity index (χ1v) is 11.0. The Hall–Kier alpha value is -3.42. The molecule has 3 aromatic rings. The van der Waals surface area contributed by atoms with Crippen molar-refractivity contribution in [3.05, 3.63) is 63.2 Å². The molecule has 0 bridgehead atoms. The highest BCUT2D eigenvalue weighted by molar-refractivity contribution is 5.98. The molecule has 0 aliphatic carbocycles. The fourth-order valence-corrected chi connectivity index (χ4v) is 4.49. The van der Waals surface area contributed by atoms with Crippen LogP contribution in [0.3, 0.4) is 0 Å². The fraction of sp³-hybridized carbons (Fsp3) is 0.417. The number of carbonyl (C=O) groups excluding carboxylic acids is 2. The van der Waals surface area contributed by atoms with E-state index in [0.29, 0.717) is 35.9 Å². The van der Waals surface area contributed by atoms with Gasteiger partial charge in [-0.05, 0) is 57.4 Å². The molecule has 3 heterocycles. The van der Waals surface area contributed by atoms with Gasteiger partial charge in [0.15, 0.2) is 5.43 Å². The first-order valence-electron chi connectivity index (χ1n) is 11.0. The maximum atomic E-state index is 13.2. The van der Waals surface area contributed by atoms with Crippen LogP contribution in [0.25, 0.3) is 10.9 Å². The third-order valence-electron chi connectivity index (χ3n) is 6.59. The van der Waals surface area contributed by atoms with Crippen LogP contribution in [-0.2, 0) is 11.2 Å². The zero-order valence-corrected chi connectivity index (χ0v) is 18.9. The zero-order valence-electron chi connectivity index (χ0n) is 18.9. The second-order valence-electron chi connectivity index (χ2n) is 8.76. The van der Waals surface area contributed by atoms with E-state index in [9.17, 15) is 14.4 Å². The van der Waals surface area contributed by atoms with Gasteiger partial charge in [0.1, 0.15) is 0 Å². The van der Waals surface area contributed by atoms with E-state index in [4.69, 9.17) is 0 Å². The number of rotatable bonds is 5. The Morgan fingerprint density at radius 1 is 1.28 bits per heavy atom. The van der Waals surface area contributed by atoms with E-state index in [0.717, 1.165) is 17.0 Å². The number of H-pyrrole nitrogens is 2. The van der Waals surface area contributed by atoms with Crippen LogP contribution in [0, 0.1) is 19.8 Å². The summed E-state index contributed by atoms with van der Waals surface area (Å²) in [5, 5.41) is 10.8. The summed E-state index contributed by atoms with van der Waals surface area (Å²) in [5.74, 6) is -0.348. The quantitative estimate of drug-likeness (QED) is 0.572. The number of amides is 2. The van der Waals surface area contributed by atoms with E-state index in [2.05, 4.69) is 20.5 Å². The number of hydrogen-bond donors (Lipinski definition) is 3. The van der Waals surface area contributed by atoms with Crippen molar-refractivity contribution >= 4 is 22.7 Å².